The number of halogens is 1. The second-order valence-corrected chi connectivity index (χ2v) is 5.99. The Morgan fingerprint density at radius 3 is 2.81 bits per heavy atom. The highest BCUT2D eigenvalue weighted by atomic mass is 35.5. The number of aromatic nitrogens is 1. The fourth-order valence-corrected chi connectivity index (χ4v) is 2.77. The van der Waals surface area contributed by atoms with Gasteiger partial charge in [-0.3, -0.25) is 9.59 Å². The second kappa shape index (κ2) is 7.05. The Morgan fingerprint density at radius 1 is 1.35 bits per heavy atom. The third kappa shape index (κ3) is 3.34. The number of ether oxygens (including phenoxy) is 1. The van der Waals surface area contributed by atoms with Crippen LogP contribution in [0.3, 0.4) is 0 Å². The number of methoxy groups -OCH3 is 1. The molecule has 7 nitrogen and oxygen atoms in total. The predicted molar refractivity (Wildman–Crippen MR) is 95.3 cm³/mol. The zero-order chi connectivity index (χ0) is 18.8. The number of fused-ring (bicyclic) bond motifs is 1. The van der Waals surface area contributed by atoms with Crippen LogP contribution in [0.1, 0.15) is 28.1 Å². The van der Waals surface area contributed by atoms with Crippen LogP contribution in [0.2, 0.25) is 5.02 Å². The van der Waals surface area contributed by atoms with Gasteiger partial charge in [0.15, 0.2) is 5.76 Å². The first kappa shape index (κ1) is 17.8. The summed E-state index contributed by atoms with van der Waals surface area (Å²) in [7, 11) is 1.29. The first-order valence-corrected chi connectivity index (χ1v) is 8.05. The van der Waals surface area contributed by atoms with Gasteiger partial charge in [-0.15, -0.1) is 0 Å². The highest BCUT2D eigenvalue weighted by Gasteiger charge is 2.23. The van der Waals surface area contributed by atoms with Crippen LogP contribution in [0.5, 0.6) is 5.75 Å². The number of rotatable bonds is 5. The number of esters is 1. The molecule has 0 aliphatic carbocycles. The number of phenolic OH excluding ortho intramolecular Hbond substituents is 1. The molecule has 0 saturated heterocycles. The van der Waals surface area contributed by atoms with Gasteiger partial charge in [-0.1, -0.05) is 11.6 Å². The lowest BCUT2D eigenvalue weighted by molar-refractivity contribution is -0.140. The van der Waals surface area contributed by atoms with Crippen LogP contribution in [0, 0.1) is 0 Å². The lowest BCUT2D eigenvalue weighted by Gasteiger charge is -2.04. The molecule has 1 aromatic carbocycles. The molecule has 0 fully saturated rings. The Labute approximate surface area is 153 Å². The van der Waals surface area contributed by atoms with Crippen molar-refractivity contribution in [3.63, 3.8) is 0 Å². The van der Waals surface area contributed by atoms with Gasteiger partial charge < -0.3 is 20.0 Å². The lowest BCUT2D eigenvalue weighted by atomic mass is 10.0. The van der Waals surface area contributed by atoms with E-state index in [-0.39, 0.29) is 40.8 Å². The molecule has 0 aliphatic heterocycles. The molecule has 0 unspecified atom stereocenters. The van der Waals surface area contributed by atoms with Crippen molar-refractivity contribution < 1.29 is 23.8 Å². The molecule has 3 aromatic rings. The molecule has 3 N–H and O–H groups in total. The van der Waals surface area contributed by atoms with Crippen LogP contribution in [0.25, 0.3) is 11.0 Å². The van der Waals surface area contributed by atoms with Gasteiger partial charge in [-0.05, 0) is 24.6 Å². The number of pyridine rings is 1. The van der Waals surface area contributed by atoms with E-state index in [0.717, 1.165) is 0 Å². The van der Waals surface area contributed by atoms with Gasteiger partial charge in [0.1, 0.15) is 17.2 Å². The minimum absolute atomic E-state index is 0.00182. The summed E-state index contributed by atoms with van der Waals surface area (Å²) in [6.45, 7) is 0. The molecule has 0 bridgehead atoms. The number of nitrogens with two attached hydrogens (primary N) is 1. The zero-order valence-electron chi connectivity index (χ0n) is 13.8. The van der Waals surface area contributed by atoms with Crippen LogP contribution in [-0.2, 0) is 16.0 Å². The highest BCUT2D eigenvalue weighted by Crippen LogP contribution is 2.32. The number of benzene rings is 1. The maximum Gasteiger partial charge on any atom is 0.305 e. The molecule has 134 valence electrons. The number of carbonyl (C=O) groups excluding carboxylic acids is 2. The summed E-state index contributed by atoms with van der Waals surface area (Å²) in [5, 5.41) is 10.4. The van der Waals surface area contributed by atoms with Crippen LogP contribution in [0.15, 0.2) is 34.9 Å². The largest absolute Gasteiger partial charge is 0.508 e. The quantitative estimate of drug-likeness (QED) is 0.520. The molecule has 2 aromatic heterocycles. The van der Waals surface area contributed by atoms with Gasteiger partial charge in [0.05, 0.1) is 12.1 Å². The van der Waals surface area contributed by atoms with E-state index in [9.17, 15) is 14.7 Å². The summed E-state index contributed by atoms with van der Waals surface area (Å²) in [5.74, 6) is -0.688. The number of hydrogen-bond acceptors (Lipinski definition) is 7. The molecule has 0 atom stereocenters. The van der Waals surface area contributed by atoms with E-state index >= 15 is 0 Å². The molecular formula is C18H15ClN2O5. The first-order chi connectivity index (χ1) is 12.4. The monoisotopic (exact) mass is 374 g/mol. The van der Waals surface area contributed by atoms with Crippen molar-refractivity contribution in [3.05, 3.63) is 52.4 Å². The van der Waals surface area contributed by atoms with Gasteiger partial charge in [0.2, 0.25) is 5.78 Å². The van der Waals surface area contributed by atoms with E-state index < -0.39 is 11.8 Å². The normalized spacial score (nSPS) is 10.8. The summed E-state index contributed by atoms with van der Waals surface area (Å²) in [6.07, 6.45) is 1.62. The molecular weight excluding hydrogens is 360 g/mol. The van der Waals surface area contributed by atoms with Crippen LogP contribution < -0.4 is 5.73 Å². The van der Waals surface area contributed by atoms with E-state index in [2.05, 4.69) is 9.72 Å². The summed E-state index contributed by atoms with van der Waals surface area (Å²) in [5.41, 5.74) is 6.66. The summed E-state index contributed by atoms with van der Waals surface area (Å²) >= 11 is 5.94. The lowest BCUT2D eigenvalue weighted by Crippen LogP contribution is -2.07. The van der Waals surface area contributed by atoms with Crippen molar-refractivity contribution in [3.8, 4) is 5.75 Å². The topological polar surface area (TPSA) is 116 Å². The number of nitrogen functional groups attached to an aromatic ring is 1. The maximum absolute atomic E-state index is 12.9. The van der Waals surface area contributed by atoms with Crippen LogP contribution in [-0.4, -0.2) is 29.0 Å². The van der Waals surface area contributed by atoms with Gasteiger partial charge in [-0.25, -0.2) is 4.98 Å². The Morgan fingerprint density at radius 2 is 2.12 bits per heavy atom. The number of carbonyl (C=O) groups is 2. The van der Waals surface area contributed by atoms with Gasteiger partial charge in [0, 0.05) is 35.2 Å². The van der Waals surface area contributed by atoms with E-state index in [0.29, 0.717) is 16.5 Å². The van der Waals surface area contributed by atoms with E-state index in [1.807, 2.05) is 0 Å². The van der Waals surface area contributed by atoms with E-state index in [1.165, 1.54) is 31.5 Å². The third-order valence-electron chi connectivity index (χ3n) is 3.92. The molecule has 0 amide bonds. The molecule has 0 spiro atoms. The minimum Gasteiger partial charge on any atom is -0.508 e. The van der Waals surface area contributed by atoms with Crippen molar-refractivity contribution >= 4 is 40.1 Å². The average Bonchev–Trinajstić information content (AvgIpc) is 2.98. The summed E-state index contributed by atoms with van der Waals surface area (Å²) in [4.78, 5) is 28.3. The number of aryl methyl sites for hydroxylation is 1. The van der Waals surface area contributed by atoms with Crippen molar-refractivity contribution in [1.29, 1.82) is 0 Å². The first-order valence-electron chi connectivity index (χ1n) is 7.67. The van der Waals surface area contributed by atoms with Gasteiger partial charge in [0.25, 0.3) is 0 Å². The Kier molecular flexibility index (Phi) is 4.81. The molecule has 2 heterocycles. The smallest absolute Gasteiger partial charge is 0.305 e. The number of aromatic hydroxyl groups is 1. The molecule has 26 heavy (non-hydrogen) atoms. The van der Waals surface area contributed by atoms with Gasteiger partial charge >= 0.3 is 5.97 Å². The fourth-order valence-electron chi connectivity index (χ4n) is 2.60. The molecule has 8 heteroatoms. The fraction of sp³-hybridized carbons (Fsp3) is 0.167. The second-order valence-electron chi connectivity index (χ2n) is 5.59. The number of anilines is 1. The SMILES string of the molecule is COC(=O)CCc1c(C(=O)c2cnc(N)c(Cl)c2)oc2cc(O)ccc12. The average molecular weight is 375 g/mol. The summed E-state index contributed by atoms with van der Waals surface area (Å²) in [6, 6.07) is 5.92. The Hall–Kier alpha value is -3.06. The van der Waals surface area contributed by atoms with Crippen molar-refractivity contribution in [2.24, 2.45) is 0 Å². The predicted octanol–water partition coefficient (Wildman–Crippen LogP) is 3.11. The highest BCUT2D eigenvalue weighted by molar-refractivity contribution is 6.33. The Bertz CT molecular complexity index is 1010. The number of furan rings is 1. The molecule has 0 saturated carbocycles. The summed E-state index contributed by atoms with van der Waals surface area (Å²) < 4.78 is 10.3. The molecule has 0 aliphatic rings. The van der Waals surface area contributed by atoms with E-state index in [1.54, 1.807) is 6.07 Å². The standard InChI is InChI=1S/C18H15ClN2O5/c1-25-15(23)5-4-12-11-3-2-10(22)7-14(11)26-17(12)16(24)9-6-13(19)18(20)21-8-9/h2-3,6-8,22H,4-5H2,1H3,(H2,20,21). The third-order valence-corrected chi connectivity index (χ3v) is 4.22. The van der Waals surface area contributed by atoms with Crippen LogP contribution >= 0.6 is 11.6 Å². The van der Waals surface area contributed by atoms with Gasteiger partial charge in [-0.2, -0.15) is 0 Å². The number of nitrogens with zero attached hydrogens (tertiary/aromatic N) is 1. The maximum atomic E-state index is 12.9. The number of phenols is 1. The zero-order valence-corrected chi connectivity index (χ0v) is 14.5. The van der Waals surface area contributed by atoms with Crippen molar-refractivity contribution in [1.82, 2.24) is 4.98 Å². The Balaban J connectivity index is 2.09. The number of ketones is 1. The van der Waals surface area contributed by atoms with Crippen molar-refractivity contribution in [2.75, 3.05) is 12.8 Å². The van der Waals surface area contributed by atoms with Crippen molar-refractivity contribution in [2.45, 2.75) is 12.8 Å². The molecule has 0 radical (unpaired) electrons. The molecule has 3 rings (SSSR count). The van der Waals surface area contributed by atoms with Crippen LogP contribution in [0.4, 0.5) is 5.82 Å². The number of hydrogen-bond donors (Lipinski definition) is 2. The van der Waals surface area contributed by atoms with E-state index in [4.69, 9.17) is 21.8 Å². The minimum atomic E-state index is -0.449.